The number of thioether (sulfide) groups is 1. The highest BCUT2D eigenvalue weighted by atomic mass is 35.5. The molecule has 2 saturated heterocycles. The molecule has 0 spiro atoms. The van der Waals surface area contributed by atoms with Crippen molar-refractivity contribution >= 4 is 41.1 Å². The van der Waals surface area contributed by atoms with Crippen LogP contribution in [0.25, 0.3) is 0 Å². The van der Waals surface area contributed by atoms with E-state index in [2.05, 4.69) is 37.3 Å². The van der Waals surface area contributed by atoms with Gasteiger partial charge in [0.2, 0.25) is 5.91 Å². The van der Waals surface area contributed by atoms with Gasteiger partial charge in [-0.1, -0.05) is 29.8 Å². The first-order chi connectivity index (χ1) is 17.0. The summed E-state index contributed by atoms with van der Waals surface area (Å²) in [4.78, 5) is 40.4. The quantitative estimate of drug-likeness (QED) is 0.225. The van der Waals surface area contributed by atoms with E-state index in [0.29, 0.717) is 42.5 Å². The number of anilines is 1. The fraction of sp³-hybridized carbons (Fsp3) is 0.760. The first kappa shape index (κ1) is 28.8. The van der Waals surface area contributed by atoms with Crippen molar-refractivity contribution in [3.8, 4) is 0 Å². The number of halogens is 1. The molecule has 0 bridgehead atoms. The van der Waals surface area contributed by atoms with Crippen molar-refractivity contribution in [2.45, 2.75) is 83.1 Å². The SMILES string of the molecule is CC1CCCCN1CCCNC(=O)CSc1nc(Cl)cc(N2CCN(C(=O)NC(C)(C)C)C(C)C2)n1. The molecule has 3 rings (SSSR count). The molecule has 2 fully saturated rings. The number of piperidine rings is 1. The Hall–Kier alpha value is -1.78. The third kappa shape index (κ3) is 8.95. The fourth-order valence-corrected chi connectivity index (χ4v) is 5.56. The fourth-order valence-electron chi connectivity index (χ4n) is 4.65. The van der Waals surface area contributed by atoms with E-state index in [1.54, 1.807) is 6.07 Å². The number of piperazine rings is 1. The average Bonchev–Trinajstić information content (AvgIpc) is 2.80. The van der Waals surface area contributed by atoms with Crippen molar-refractivity contribution in [1.29, 1.82) is 0 Å². The van der Waals surface area contributed by atoms with E-state index in [1.165, 1.54) is 31.0 Å². The summed E-state index contributed by atoms with van der Waals surface area (Å²) in [6, 6.07) is 2.35. The molecule has 202 valence electrons. The molecule has 2 N–H and O–H groups in total. The molecule has 2 aliphatic rings. The number of hydrogen-bond acceptors (Lipinski definition) is 7. The molecule has 11 heteroatoms. The lowest BCUT2D eigenvalue weighted by atomic mass is 10.0. The average molecular weight is 540 g/mol. The van der Waals surface area contributed by atoms with Gasteiger partial charge in [0.1, 0.15) is 11.0 Å². The van der Waals surface area contributed by atoms with Crippen molar-refractivity contribution in [2.24, 2.45) is 0 Å². The van der Waals surface area contributed by atoms with E-state index in [4.69, 9.17) is 11.6 Å². The molecular weight excluding hydrogens is 498 g/mol. The van der Waals surface area contributed by atoms with E-state index in [-0.39, 0.29) is 29.3 Å². The molecule has 0 radical (unpaired) electrons. The normalized spacial score (nSPS) is 21.4. The zero-order chi connectivity index (χ0) is 26.3. The van der Waals surface area contributed by atoms with Crippen molar-refractivity contribution in [2.75, 3.05) is 49.9 Å². The highest BCUT2D eigenvalue weighted by Crippen LogP contribution is 2.24. The third-order valence-corrected chi connectivity index (χ3v) is 7.61. The lowest BCUT2D eigenvalue weighted by molar-refractivity contribution is -0.118. The molecule has 2 unspecified atom stereocenters. The van der Waals surface area contributed by atoms with Crippen LogP contribution in [0, 0.1) is 0 Å². The Morgan fingerprint density at radius 1 is 1.14 bits per heavy atom. The Morgan fingerprint density at radius 3 is 2.61 bits per heavy atom. The van der Waals surface area contributed by atoms with Crippen molar-refractivity contribution in [1.82, 2.24) is 30.4 Å². The van der Waals surface area contributed by atoms with Crippen LogP contribution in [0.2, 0.25) is 5.15 Å². The summed E-state index contributed by atoms with van der Waals surface area (Å²) in [7, 11) is 0. The Labute approximate surface area is 225 Å². The van der Waals surface area contributed by atoms with Crippen LogP contribution in [0.15, 0.2) is 11.2 Å². The molecule has 0 aliphatic carbocycles. The van der Waals surface area contributed by atoms with Crippen molar-refractivity contribution < 1.29 is 9.59 Å². The summed E-state index contributed by atoms with van der Waals surface area (Å²) in [5.41, 5.74) is -0.279. The summed E-state index contributed by atoms with van der Waals surface area (Å²) in [5.74, 6) is 0.942. The van der Waals surface area contributed by atoms with Gasteiger partial charge in [-0.05, 0) is 60.4 Å². The molecular formula is C25H42ClN7O2S. The predicted molar refractivity (Wildman–Crippen MR) is 147 cm³/mol. The maximum Gasteiger partial charge on any atom is 0.318 e. The third-order valence-electron chi connectivity index (χ3n) is 6.57. The van der Waals surface area contributed by atoms with Gasteiger partial charge in [0.05, 0.1) is 5.75 Å². The van der Waals surface area contributed by atoms with Gasteiger partial charge < -0.3 is 25.3 Å². The van der Waals surface area contributed by atoms with Crippen molar-refractivity contribution in [3.63, 3.8) is 0 Å². The van der Waals surface area contributed by atoms with Crippen molar-refractivity contribution in [3.05, 3.63) is 11.2 Å². The van der Waals surface area contributed by atoms with E-state index in [1.807, 2.05) is 32.6 Å². The molecule has 1 aromatic heterocycles. The number of nitrogens with one attached hydrogen (secondary N) is 2. The molecule has 2 aliphatic heterocycles. The molecule has 2 atom stereocenters. The second kappa shape index (κ2) is 13.1. The minimum Gasteiger partial charge on any atom is -0.355 e. The molecule has 9 nitrogen and oxygen atoms in total. The van der Waals surface area contributed by atoms with Crippen LogP contribution in [0.1, 0.15) is 60.3 Å². The van der Waals surface area contributed by atoms with Crippen LogP contribution in [0.3, 0.4) is 0 Å². The largest absolute Gasteiger partial charge is 0.355 e. The van der Waals surface area contributed by atoms with Crippen LogP contribution in [0.4, 0.5) is 10.6 Å². The summed E-state index contributed by atoms with van der Waals surface area (Å²) < 4.78 is 0. The van der Waals surface area contributed by atoms with Gasteiger partial charge in [0.25, 0.3) is 0 Å². The number of carbonyl (C=O) groups is 2. The maximum absolute atomic E-state index is 12.6. The van der Waals surface area contributed by atoms with Crippen LogP contribution in [-0.2, 0) is 4.79 Å². The van der Waals surface area contributed by atoms with E-state index in [0.717, 1.165) is 25.3 Å². The van der Waals surface area contributed by atoms with Crippen LogP contribution in [0.5, 0.6) is 0 Å². The first-order valence-corrected chi connectivity index (χ1v) is 14.4. The smallest absolute Gasteiger partial charge is 0.318 e. The lowest BCUT2D eigenvalue weighted by Crippen LogP contribution is -2.59. The predicted octanol–water partition coefficient (Wildman–Crippen LogP) is 3.62. The van der Waals surface area contributed by atoms with E-state index in [9.17, 15) is 9.59 Å². The highest BCUT2D eigenvalue weighted by molar-refractivity contribution is 7.99. The number of nitrogens with zero attached hydrogens (tertiary/aromatic N) is 5. The standard InChI is InChI=1S/C25H42ClN7O2S/c1-18-9-6-7-11-31(18)12-8-10-27-22(34)17-36-23-28-20(26)15-21(29-23)32-13-14-33(19(2)16-32)24(35)30-25(3,4)5/h15,18-19H,6-14,16-17H2,1-5H3,(H,27,34)(H,30,35). The lowest BCUT2D eigenvalue weighted by Gasteiger charge is -2.41. The minimum absolute atomic E-state index is 0.0182. The van der Waals surface area contributed by atoms with E-state index < -0.39 is 0 Å². The second-order valence-electron chi connectivity index (χ2n) is 10.9. The number of hydrogen-bond donors (Lipinski definition) is 2. The van der Waals surface area contributed by atoms with Gasteiger partial charge in [-0.15, -0.1) is 0 Å². The van der Waals surface area contributed by atoms with E-state index >= 15 is 0 Å². The van der Waals surface area contributed by atoms with Gasteiger partial charge >= 0.3 is 6.03 Å². The van der Waals surface area contributed by atoms with Gasteiger partial charge in [-0.25, -0.2) is 14.8 Å². The monoisotopic (exact) mass is 539 g/mol. The van der Waals surface area contributed by atoms with Gasteiger partial charge in [0.15, 0.2) is 5.16 Å². The van der Waals surface area contributed by atoms with Crippen LogP contribution in [-0.4, -0.2) is 94.4 Å². The number of aromatic nitrogens is 2. The second-order valence-corrected chi connectivity index (χ2v) is 12.2. The Morgan fingerprint density at radius 2 is 1.92 bits per heavy atom. The van der Waals surface area contributed by atoms with Gasteiger partial charge in [-0.3, -0.25) is 4.79 Å². The number of rotatable bonds is 8. The summed E-state index contributed by atoms with van der Waals surface area (Å²) in [6.45, 7) is 15.0. The maximum atomic E-state index is 12.6. The Kier molecular flexibility index (Phi) is 10.5. The van der Waals surface area contributed by atoms with Crippen LogP contribution >= 0.6 is 23.4 Å². The summed E-state index contributed by atoms with van der Waals surface area (Å²) in [6.07, 6.45) is 4.82. The molecule has 0 saturated carbocycles. The molecule has 1 aromatic rings. The zero-order valence-corrected chi connectivity index (χ0v) is 23.9. The number of carbonyl (C=O) groups excluding carboxylic acids is 2. The Bertz CT molecular complexity index is 898. The molecule has 3 heterocycles. The van der Waals surface area contributed by atoms with Crippen LogP contribution < -0.4 is 15.5 Å². The molecule has 0 aromatic carbocycles. The highest BCUT2D eigenvalue weighted by Gasteiger charge is 2.30. The topological polar surface area (TPSA) is 93.7 Å². The Balaban J connectivity index is 1.45. The molecule has 36 heavy (non-hydrogen) atoms. The number of urea groups is 1. The summed E-state index contributed by atoms with van der Waals surface area (Å²) in [5, 5.41) is 6.87. The first-order valence-electron chi connectivity index (χ1n) is 13.0. The molecule has 3 amide bonds. The van der Waals surface area contributed by atoms with Gasteiger partial charge in [0, 0.05) is 56.4 Å². The number of amides is 3. The van der Waals surface area contributed by atoms with Gasteiger partial charge in [-0.2, -0.15) is 0 Å². The summed E-state index contributed by atoms with van der Waals surface area (Å²) >= 11 is 7.58. The zero-order valence-electron chi connectivity index (χ0n) is 22.3. The minimum atomic E-state index is -0.279. The number of likely N-dealkylation sites (tertiary alicyclic amines) is 1.